The Morgan fingerprint density at radius 2 is 1.88 bits per heavy atom. The molecule has 170 valence electrons. The molecule has 1 aliphatic heterocycles. The molecule has 1 aromatic carbocycles. The van der Waals surface area contributed by atoms with Crippen molar-refractivity contribution in [2.24, 2.45) is 0 Å². The van der Waals surface area contributed by atoms with E-state index in [9.17, 15) is 12.8 Å². The van der Waals surface area contributed by atoms with Crippen LogP contribution in [0.15, 0.2) is 58.8 Å². The van der Waals surface area contributed by atoms with Crippen LogP contribution in [0.2, 0.25) is 0 Å². The minimum atomic E-state index is -3.83. The van der Waals surface area contributed by atoms with E-state index in [2.05, 4.69) is 43.8 Å². The zero-order chi connectivity index (χ0) is 22.7. The summed E-state index contributed by atoms with van der Waals surface area (Å²) < 4.78 is 41.5. The lowest BCUT2D eigenvalue weighted by Crippen LogP contribution is -2.43. The molecule has 3 aromatic rings. The van der Waals surface area contributed by atoms with Gasteiger partial charge in [0, 0.05) is 37.6 Å². The quantitative estimate of drug-likeness (QED) is 0.511. The van der Waals surface area contributed by atoms with Gasteiger partial charge in [-0.15, -0.1) is 11.3 Å². The fraction of sp³-hybridized carbons (Fsp3) is 0.348. The van der Waals surface area contributed by atoms with Crippen LogP contribution in [0.3, 0.4) is 0 Å². The average molecular weight is 475 g/mol. The Morgan fingerprint density at radius 1 is 1.16 bits per heavy atom. The molecule has 32 heavy (non-hydrogen) atoms. The van der Waals surface area contributed by atoms with Gasteiger partial charge in [-0.25, -0.2) is 13.4 Å². The van der Waals surface area contributed by atoms with Crippen LogP contribution in [-0.4, -0.2) is 44.5 Å². The molecule has 1 fully saturated rings. The highest BCUT2D eigenvalue weighted by Crippen LogP contribution is 2.35. The summed E-state index contributed by atoms with van der Waals surface area (Å²) in [6, 6.07) is 16.6. The number of benzene rings is 1. The molecule has 0 amide bonds. The monoisotopic (exact) mass is 474 g/mol. The van der Waals surface area contributed by atoms with Crippen LogP contribution in [0.5, 0.6) is 0 Å². The second-order valence-corrected chi connectivity index (χ2v) is 11.2. The summed E-state index contributed by atoms with van der Waals surface area (Å²) in [4.78, 5) is 9.19. The van der Waals surface area contributed by atoms with Crippen molar-refractivity contribution in [1.29, 1.82) is 0 Å². The van der Waals surface area contributed by atoms with Crippen molar-refractivity contribution < 1.29 is 12.8 Å². The Kier molecular flexibility index (Phi) is 6.78. The van der Waals surface area contributed by atoms with Crippen molar-refractivity contribution in [3.63, 3.8) is 0 Å². The number of sulfonamides is 1. The van der Waals surface area contributed by atoms with E-state index in [0.29, 0.717) is 6.04 Å². The number of nitrogens with zero attached hydrogens (tertiary/aromatic N) is 3. The number of hydrogen-bond donors (Lipinski definition) is 1. The fourth-order valence-corrected chi connectivity index (χ4v) is 6.56. The predicted octanol–water partition coefficient (Wildman–Crippen LogP) is 4.49. The smallest absolute Gasteiger partial charge is 0.272 e. The molecule has 0 atom stereocenters. The molecule has 2 aromatic heterocycles. The molecule has 4 rings (SSSR count). The first kappa shape index (κ1) is 22.7. The lowest BCUT2D eigenvalue weighted by Gasteiger charge is -2.37. The van der Waals surface area contributed by atoms with E-state index in [-0.39, 0.29) is 10.0 Å². The summed E-state index contributed by atoms with van der Waals surface area (Å²) in [5.41, 5.74) is 2.24. The first-order valence-corrected chi connectivity index (χ1v) is 12.9. The molecule has 0 aliphatic carbocycles. The zero-order valence-corrected chi connectivity index (χ0v) is 19.8. The topological polar surface area (TPSA) is 65.5 Å². The van der Waals surface area contributed by atoms with Crippen LogP contribution < -0.4 is 9.62 Å². The summed E-state index contributed by atoms with van der Waals surface area (Å²) in [5.74, 6) is -0.761. The number of likely N-dealkylation sites (tertiary alicyclic amines) is 1. The molecular weight excluding hydrogens is 447 g/mol. The maximum atomic E-state index is 13.3. The van der Waals surface area contributed by atoms with Crippen molar-refractivity contribution in [2.45, 2.75) is 36.6 Å². The number of aryl methyl sites for hydroxylation is 1. The molecule has 0 spiro atoms. The van der Waals surface area contributed by atoms with Gasteiger partial charge in [0.25, 0.3) is 10.0 Å². The van der Waals surface area contributed by atoms with Crippen LogP contribution in [0.1, 0.15) is 23.3 Å². The van der Waals surface area contributed by atoms with Gasteiger partial charge in [-0.05, 0) is 43.5 Å². The highest BCUT2D eigenvalue weighted by atomic mass is 32.2. The largest absolute Gasteiger partial charge is 0.371 e. The van der Waals surface area contributed by atoms with Crippen molar-refractivity contribution in [1.82, 2.24) is 9.88 Å². The van der Waals surface area contributed by atoms with Gasteiger partial charge in [0.1, 0.15) is 10.0 Å². The van der Waals surface area contributed by atoms with E-state index < -0.39 is 16.0 Å². The van der Waals surface area contributed by atoms with Crippen LogP contribution in [0.4, 0.5) is 15.9 Å². The minimum Gasteiger partial charge on any atom is -0.371 e. The number of hydrogen-bond acceptors (Lipinski definition) is 6. The van der Waals surface area contributed by atoms with Crippen molar-refractivity contribution >= 4 is 32.9 Å². The number of pyridine rings is 1. The minimum absolute atomic E-state index is 0.0308. The molecule has 0 unspecified atom stereocenters. The average Bonchev–Trinajstić information content (AvgIpc) is 3.17. The highest BCUT2D eigenvalue weighted by Gasteiger charge is 2.27. The van der Waals surface area contributed by atoms with E-state index in [4.69, 9.17) is 0 Å². The van der Waals surface area contributed by atoms with E-state index >= 15 is 0 Å². The summed E-state index contributed by atoms with van der Waals surface area (Å²) in [6.45, 7) is 4.90. The Labute approximate surface area is 192 Å². The molecule has 9 heteroatoms. The first-order chi connectivity index (χ1) is 15.3. The number of anilines is 2. The van der Waals surface area contributed by atoms with Crippen LogP contribution >= 0.6 is 11.3 Å². The second-order valence-electron chi connectivity index (χ2n) is 8.06. The molecule has 1 N–H and O–H groups in total. The SMILES string of the molecule is Cc1sc(S(=O)(=O)Nc2cccc(F)n2)cc1N(C)C1CCN(Cc2ccccc2)CC1. The van der Waals surface area contributed by atoms with E-state index in [1.54, 1.807) is 6.07 Å². The molecule has 0 bridgehead atoms. The van der Waals surface area contributed by atoms with Crippen molar-refractivity contribution in [3.05, 3.63) is 71.0 Å². The van der Waals surface area contributed by atoms with Gasteiger partial charge in [-0.3, -0.25) is 9.62 Å². The lowest BCUT2D eigenvalue weighted by molar-refractivity contribution is 0.203. The Balaban J connectivity index is 1.41. The Hall–Kier alpha value is -2.49. The lowest BCUT2D eigenvalue weighted by atomic mass is 10.0. The van der Waals surface area contributed by atoms with Crippen LogP contribution in [0, 0.1) is 12.9 Å². The van der Waals surface area contributed by atoms with Gasteiger partial charge in [-0.2, -0.15) is 4.39 Å². The van der Waals surface area contributed by atoms with Crippen LogP contribution in [-0.2, 0) is 16.6 Å². The third-order valence-electron chi connectivity index (χ3n) is 5.82. The fourth-order valence-electron chi connectivity index (χ4n) is 4.08. The van der Waals surface area contributed by atoms with Gasteiger partial charge in [0.15, 0.2) is 0 Å². The summed E-state index contributed by atoms with van der Waals surface area (Å²) in [6.07, 6.45) is 2.04. The Morgan fingerprint density at radius 3 is 2.56 bits per heavy atom. The van der Waals surface area contributed by atoms with Gasteiger partial charge in [0.05, 0.1) is 5.69 Å². The summed E-state index contributed by atoms with van der Waals surface area (Å²) in [5, 5.41) is 0. The number of rotatable bonds is 7. The molecule has 1 aliphatic rings. The molecule has 0 radical (unpaired) electrons. The predicted molar refractivity (Wildman–Crippen MR) is 127 cm³/mol. The second kappa shape index (κ2) is 9.56. The van der Waals surface area contributed by atoms with Gasteiger partial charge >= 0.3 is 0 Å². The van der Waals surface area contributed by atoms with Crippen LogP contribution in [0.25, 0.3) is 0 Å². The maximum absolute atomic E-state index is 13.3. The molecule has 1 saturated heterocycles. The molecule has 6 nitrogen and oxygen atoms in total. The van der Waals surface area contributed by atoms with Gasteiger partial charge < -0.3 is 4.90 Å². The summed E-state index contributed by atoms with van der Waals surface area (Å²) in [7, 11) is -1.80. The molecule has 3 heterocycles. The maximum Gasteiger partial charge on any atom is 0.272 e. The van der Waals surface area contributed by atoms with E-state index in [1.807, 2.05) is 20.0 Å². The highest BCUT2D eigenvalue weighted by molar-refractivity contribution is 7.94. The molecular formula is C23H27FN4O2S2. The van der Waals surface area contributed by atoms with Crippen molar-refractivity contribution in [2.75, 3.05) is 29.8 Å². The Bertz CT molecular complexity index is 1160. The van der Waals surface area contributed by atoms with E-state index in [0.717, 1.165) is 43.0 Å². The number of piperidine rings is 1. The third kappa shape index (κ3) is 5.28. The van der Waals surface area contributed by atoms with Gasteiger partial charge in [-0.1, -0.05) is 36.4 Å². The number of halogens is 1. The number of aromatic nitrogens is 1. The normalized spacial score (nSPS) is 15.6. The summed E-state index contributed by atoms with van der Waals surface area (Å²) >= 11 is 1.22. The number of nitrogens with one attached hydrogen (secondary N) is 1. The zero-order valence-electron chi connectivity index (χ0n) is 18.2. The molecule has 0 saturated carbocycles. The number of thiophene rings is 1. The van der Waals surface area contributed by atoms with E-state index in [1.165, 1.54) is 35.1 Å². The first-order valence-electron chi connectivity index (χ1n) is 10.6. The standard InChI is InChI=1S/C23H27FN4O2S2/c1-17-20(15-23(31-17)32(29,30)26-22-10-6-9-21(24)25-22)27(2)19-11-13-28(14-12-19)16-18-7-4-3-5-8-18/h3-10,15,19H,11-14,16H2,1-2H3,(H,25,26). The third-order valence-corrected chi connectivity index (χ3v) is 8.69. The van der Waals surface area contributed by atoms with Crippen molar-refractivity contribution in [3.8, 4) is 0 Å². The van der Waals surface area contributed by atoms with Gasteiger partial charge in [0.2, 0.25) is 5.95 Å².